The van der Waals surface area contributed by atoms with Crippen LogP contribution in [0.15, 0.2) is 406 Å². The molecule has 0 bridgehead atoms. The van der Waals surface area contributed by atoms with Crippen molar-refractivity contribution in [3.05, 3.63) is 450 Å². The van der Waals surface area contributed by atoms with Crippen LogP contribution in [0.25, 0.3) is 182 Å². The second-order valence-electron chi connectivity index (χ2n) is 32.3. The maximum atomic E-state index is 2.58. The predicted octanol–water partition coefficient (Wildman–Crippen LogP) is 28.6. The SMILES string of the molecule is C1=C(n2c3ccccc3c3cc(-c4ccc5c(c4)c4cc(-c6ccc7c(c6)c6ccccc6n7-c6ccc7c(c6)C6(c8ccccc8-c8ccccc86)c6ccccc6-7)ccc4n5-c4ccc(-c5c6ccccc6c(-c6ccccc6)c6ccccc56)cc4)ccc32)C=C2C(C1)c1ccccc1C21c2ccccc2-c2ccccc21. The first-order valence-corrected chi connectivity index (χ1v) is 40.5. The lowest BCUT2D eigenvalue weighted by Gasteiger charge is -2.33. The third-order valence-corrected chi connectivity index (χ3v) is 27.0. The molecule has 21 aromatic rings. The first-order chi connectivity index (χ1) is 57.1. The second kappa shape index (κ2) is 23.5. The van der Waals surface area contributed by atoms with Gasteiger partial charge in [-0.25, -0.2) is 0 Å². The smallest absolute Gasteiger partial charge is 0.0726 e. The normalized spacial score (nSPS) is 14.9. The molecule has 5 aliphatic rings. The molecule has 3 aromatic heterocycles. The van der Waals surface area contributed by atoms with Crippen LogP contribution < -0.4 is 0 Å². The summed E-state index contributed by atoms with van der Waals surface area (Å²) in [4.78, 5) is 0. The van der Waals surface area contributed by atoms with E-state index in [2.05, 4.69) is 414 Å². The molecule has 115 heavy (non-hydrogen) atoms. The van der Waals surface area contributed by atoms with Crippen LogP contribution in [0.1, 0.15) is 56.8 Å². The standard InChI is InChI=1S/C112H69N3/c1-2-24-68(25-3-1)109-87-34-4-6-36-89(87)110(90-37-7-5-35-88(90)109)69-46-52-74(53-47-69)113-107-60-50-72(70-48-58-105-91(62-70)85-32-14-22-44-103(85)114(105)75-54-56-83-81-30-12-20-42-99(81)111(101(83)66-75)95-38-16-8-26-77(95)78-27-9-17-39-96(78)111)64-93(107)94-65-73(51-61-108(94)113)71-49-59-106-92(63-71)86-33-15-23-45-104(86)115(106)76-55-57-84-82-31-13-21-43-100(82)112(102(84)67-76)97-40-18-10-28-79(97)80-29-11-19-41-98(80)112/h1-56,58-67,84H,57H2. The van der Waals surface area contributed by atoms with Crippen molar-refractivity contribution in [1.29, 1.82) is 0 Å². The van der Waals surface area contributed by atoms with Crippen molar-refractivity contribution in [2.75, 3.05) is 0 Å². The van der Waals surface area contributed by atoms with E-state index in [-0.39, 0.29) is 11.3 Å². The van der Waals surface area contributed by atoms with Gasteiger partial charge in [-0.2, -0.15) is 0 Å². The van der Waals surface area contributed by atoms with Crippen LogP contribution in [-0.4, -0.2) is 13.7 Å². The molecule has 18 aromatic carbocycles. The lowest BCUT2D eigenvalue weighted by atomic mass is 9.68. The van der Waals surface area contributed by atoms with Crippen LogP contribution in [0.4, 0.5) is 0 Å². The fourth-order valence-corrected chi connectivity index (χ4v) is 22.5. The van der Waals surface area contributed by atoms with E-state index in [4.69, 9.17) is 0 Å². The van der Waals surface area contributed by atoms with E-state index in [0.29, 0.717) is 0 Å². The molecule has 3 heteroatoms. The fraction of sp³-hybridized carbons (Fsp3) is 0.0357. The molecule has 0 fully saturated rings. The molecule has 26 rings (SSSR count). The Morgan fingerprint density at radius 2 is 0.548 bits per heavy atom. The highest BCUT2D eigenvalue weighted by Crippen LogP contribution is 2.67. The van der Waals surface area contributed by atoms with E-state index in [1.54, 1.807) is 0 Å². The average molecular weight is 1460 g/mol. The number of aromatic nitrogens is 3. The van der Waals surface area contributed by atoms with Crippen molar-refractivity contribution in [3.8, 4) is 89.3 Å². The molecule has 3 nitrogen and oxygen atoms in total. The molecule has 5 aliphatic carbocycles. The van der Waals surface area contributed by atoms with Crippen LogP contribution in [0.3, 0.4) is 0 Å². The molecule has 1 atom stereocenters. The maximum absolute atomic E-state index is 2.58. The Hall–Kier alpha value is -14.6. The van der Waals surface area contributed by atoms with Gasteiger partial charge in [-0.3, -0.25) is 0 Å². The summed E-state index contributed by atoms with van der Waals surface area (Å²) in [5.74, 6) is 0.267. The van der Waals surface area contributed by atoms with Crippen molar-refractivity contribution in [1.82, 2.24) is 13.7 Å². The highest BCUT2D eigenvalue weighted by molar-refractivity contribution is 6.22. The van der Waals surface area contributed by atoms with E-state index >= 15 is 0 Å². The molecule has 0 aliphatic heterocycles. The largest absolute Gasteiger partial charge is 0.310 e. The minimum absolute atomic E-state index is 0.267. The summed E-state index contributed by atoms with van der Waals surface area (Å²) in [5.41, 5.74) is 39.7. The van der Waals surface area contributed by atoms with Gasteiger partial charge in [0.25, 0.3) is 0 Å². The van der Waals surface area contributed by atoms with Gasteiger partial charge in [-0.05, 0) is 247 Å². The topological polar surface area (TPSA) is 14.8 Å². The third kappa shape index (κ3) is 8.37. The minimum atomic E-state index is -0.453. The molecular formula is C112H69N3. The predicted molar refractivity (Wildman–Crippen MR) is 479 cm³/mol. The van der Waals surface area contributed by atoms with Gasteiger partial charge in [0.2, 0.25) is 0 Å². The van der Waals surface area contributed by atoms with Crippen molar-refractivity contribution < 1.29 is 0 Å². The van der Waals surface area contributed by atoms with Gasteiger partial charge in [-0.1, -0.05) is 309 Å². The quantitative estimate of drug-likeness (QED) is 0.141. The zero-order valence-electron chi connectivity index (χ0n) is 62.7. The van der Waals surface area contributed by atoms with E-state index in [0.717, 1.165) is 28.8 Å². The third-order valence-electron chi connectivity index (χ3n) is 27.0. The highest BCUT2D eigenvalue weighted by atomic mass is 15.0. The Morgan fingerprint density at radius 3 is 1.03 bits per heavy atom. The summed E-state index contributed by atoms with van der Waals surface area (Å²) in [7, 11) is 0. The monoisotopic (exact) mass is 1460 g/mol. The zero-order chi connectivity index (χ0) is 74.9. The van der Waals surface area contributed by atoms with Gasteiger partial charge in [-0.15, -0.1) is 0 Å². The van der Waals surface area contributed by atoms with E-state index in [1.807, 2.05) is 0 Å². The van der Waals surface area contributed by atoms with E-state index < -0.39 is 5.41 Å². The Labute approximate surface area is 664 Å². The minimum Gasteiger partial charge on any atom is -0.310 e. The van der Waals surface area contributed by atoms with Crippen LogP contribution in [0, 0.1) is 0 Å². The summed E-state index contributed by atoms with van der Waals surface area (Å²) < 4.78 is 7.57. The number of fused-ring (bicyclic) bond motifs is 31. The lowest BCUT2D eigenvalue weighted by molar-refractivity contribution is 0.707. The van der Waals surface area contributed by atoms with E-state index in [9.17, 15) is 0 Å². The molecule has 532 valence electrons. The first kappa shape index (κ1) is 63.0. The molecule has 0 saturated carbocycles. The molecule has 2 spiro atoms. The van der Waals surface area contributed by atoms with Crippen LogP contribution >= 0.6 is 0 Å². The van der Waals surface area contributed by atoms with Gasteiger partial charge in [0.05, 0.1) is 43.9 Å². The summed E-state index contributed by atoms with van der Waals surface area (Å²) >= 11 is 0. The molecular weight excluding hydrogens is 1390 g/mol. The molecule has 3 heterocycles. The molecule has 0 amide bonds. The van der Waals surface area contributed by atoms with Crippen LogP contribution in [0.5, 0.6) is 0 Å². The van der Waals surface area contributed by atoms with Gasteiger partial charge in [0.1, 0.15) is 0 Å². The first-order valence-electron chi connectivity index (χ1n) is 40.5. The highest BCUT2D eigenvalue weighted by Gasteiger charge is 2.56. The Bertz CT molecular complexity index is 7780. The van der Waals surface area contributed by atoms with Gasteiger partial charge >= 0.3 is 0 Å². The molecule has 1 unspecified atom stereocenters. The van der Waals surface area contributed by atoms with E-state index in [1.165, 1.54) is 210 Å². The lowest BCUT2D eigenvalue weighted by Crippen LogP contribution is -2.27. The van der Waals surface area contributed by atoms with Gasteiger partial charge < -0.3 is 13.7 Å². The van der Waals surface area contributed by atoms with Crippen molar-refractivity contribution in [2.24, 2.45) is 0 Å². The average Bonchev–Trinajstić information content (AvgIpc) is 1.51. The number of benzene rings is 18. The molecule has 0 N–H and O–H groups in total. The van der Waals surface area contributed by atoms with Crippen molar-refractivity contribution in [2.45, 2.75) is 23.2 Å². The Morgan fingerprint density at radius 1 is 0.217 bits per heavy atom. The summed E-state index contributed by atoms with van der Waals surface area (Å²) in [6, 6.07) is 147. The molecule has 0 radical (unpaired) electrons. The summed E-state index contributed by atoms with van der Waals surface area (Å²) in [6.45, 7) is 0. The number of hydrogen-bond acceptors (Lipinski definition) is 0. The van der Waals surface area contributed by atoms with Crippen molar-refractivity contribution in [3.63, 3.8) is 0 Å². The summed E-state index contributed by atoms with van der Waals surface area (Å²) in [6.07, 6.45) is 6.02. The Balaban J connectivity index is 0.633. The number of hydrogen-bond donors (Lipinski definition) is 0. The number of allylic oxidation sites excluding steroid dienone is 4. The fourth-order valence-electron chi connectivity index (χ4n) is 22.5. The van der Waals surface area contributed by atoms with Gasteiger partial charge in [0.15, 0.2) is 0 Å². The van der Waals surface area contributed by atoms with Crippen LogP contribution in [-0.2, 0) is 10.8 Å². The van der Waals surface area contributed by atoms with Crippen LogP contribution in [0.2, 0.25) is 0 Å². The number of nitrogens with zero attached hydrogens (tertiary/aromatic N) is 3. The van der Waals surface area contributed by atoms with Gasteiger partial charge in [0, 0.05) is 55.3 Å². The van der Waals surface area contributed by atoms with Crippen molar-refractivity contribution >= 4 is 92.7 Å². The number of rotatable bonds is 7. The number of para-hydroxylation sites is 2. The molecule has 0 saturated heterocycles. The zero-order valence-corrected chi connectivity index (χ0v) is 62.7. The Kier molecular flexibility index (Phi) is 12.9. The maximum Gasteiger partial charge on any atom is 0.0726 e. The summed E-state index contributed by atoms with van der Waals surface area (Å²) in [5, 5.41) is 12.3. The second-order valence-corrected chi connectivity index (χ2v) is 32.3.